The number of rotatable bonds is 6. The summed E-state index contributed by atoms with van der Waals surface area (Å²) in [5, 5.41) is 2.88. The van der Waals surface area contributed by atoms with E-state index in [-0.39, 0.29) is 11.8 Å². The van der Waals surface area contributed by atoms with Crippen LogP contribution in [-0.4, -0.2) is 49.6 Å². The number of nitrogens with one attached hydrogen (secondary N) is 1. The fourth-order valence-corrected chi connectivity index (χ4v) is 3.61. The zero-order valence-electron chi connectivity index (χ0n) is 16.9. The van der Waals surface area contributed by atoms with Crippen molar-refractivity contribution in [2.45, 2.75) is 19.4 Å². The molecule has 2 fully saturated rings. The number of aromatic nitrogens is 1. The van der Waals surface area contributed by atoms with Gasteiger partial charge in [-0.05, 0) is 41.8 Å². The van der Waals surface area contributed by atoms with Gasteiger partial charge in [-0.3, -0.25) is 9.59 Å². The maximum absolute atomic E-state index is 12.1. The van der Waals surface area contributed by atoms with Gasteiger partial charge in [0.1, 0.15) is 5.82 Å². The minimum Gasteiger partial charge on any atom is -0.378 e. The van der Waals surface area contributed by atoms with Crippen LogP contribution in [0.15, 0.2) is 48.7 Å². The van der Waals surface area contributed by atoms with Crippen molar-refractivity contribution >= 4 is 29.4 Å². The minimum absolute atomic E-state index is 0.161. The molecule has 0 spiro atoms. The fourth-order valence-electron chi connectivity index (χ4n) is 3.61. The number of morpholine rings is 1. The van der Waals surface area contributed by atoms with Gasteiger partial charge in [0.25, 0.3) is 0 Å². The van der Waals surface area contributed by atoms with Crippen LogP contribution in [0.5, 0.6) is 0 Å². The van der Waals surface area contributed by atoms with Gasteiger partial charge in [0.2, 0.25) is 11.8 Å². The van der Waals surface area contributed by atoms with Crippen LogP contribution in [0.25, 0.3) is 6.08 Å². The third-order valence-electron chi connectivity index (χ3n) is 5.32. The van der Waals surface area contributed by atoms with Crippen molar-refractivity contribution in [1.29, 1.82) is 0 Å². The SMILES string of the molecule is O=C(/C=C/c1ccc(N2CCCC2=O)cc1)NCc1ccc(N2CCOCC2)nc1. The Kier molecular flexibility index (Phi) is 6.39. The summed E-state index contributed by atoms with van der Waals surface area (Å²) in [5.41, 5.74) is 2.78. The maximum atomic E-state index is 12.1. The number of hydrogen-bond acceptors (Lipinski definition) is 5. The molecule has 2 aliphatic rings. The summed E-state index contributed by atoms with van der Waals surface area (Å²) in [6.45, 7) is 4.36. The molecule has 0 saturated carbocycles. The number of nitrogens with zero attached hydrogens (tertiary/aromatic N) is 3. The van der Waals surface area contributed by atoms with Gasteiger partial charge in [-0.25, -0.2) is 4.98 Å². The van der Waals surface area contributed by atoms with Gasteiger partial charge >= 0.3 is 0 Å². The molecular weight excluding hydrogens is 380 g/mol. The normalized spacial score (nSPS) is 17.0. The van der Waals surface area contributed by atoms with Crippen molar-refractivity contribution in [3.8, 4) is 0 Å². The highest BCUT2D eigenvalue weighted by Gasteiger charge is 2.21. The number of carbonyl (C=O) groups is 2. The number of ether oxygens (including phenoxy) is 1. The van der Waals surface area contributed by atoms with E-state index in [1.54, 1.807) is 17.2 Å². The largest absolute Gasteiger partial charge is 0.378 e. The Morgan fingerprint density at radius 2 is 1.90 bits per heavy atom. The average molecular weight is 406 g/mol. The van der Waals surface area contributed by atoms with Crippen LogP contribution in [0.3, 0.4) is 0 Å². The molecule has 3 heterocycles. The van der Waals surface area contributed by atoms with Gasteiger partial charge in [0, 0.05) is 50.6 Å². The molecule has 2 saturated heterocycles. The second kappa shape index (κ2) is 9.54. The molecule has 4 rings (SSSR count). The Morgan fingerprint density at radius 3 is 2.57 bits per heavy atom. The molecule has 0 atom stereocenters. The van der Waals surface area contributed by atoms with E-state index in [2.05, 4.69) is 15.2 Å². The first-order valence-electron chi connectivity index (χ1n) is 10.3. The molecule has 0 unspecified atom stereocenters. The highest BCUT2D eigenvalue weighted by atomic mass is 16.5. The van der Waals surface area contributed by atoms with Gasteiger partial charge in [0.15, 0.2) is 0 Å². The van der Waals surface area contributed by atoms with Crippen LogP contribution >= 0.6 is 0 Å². The van der Waals surface area contributed by atoms with Crippen LogP contribution in [-0.2, 0) is 20.9 Å². The maximum Gasteiger partial charge on any atom is 0.244 e. The third-order valence-corrected chi connectivity index (χ3v) is 5.32. The van der Waals surface area contributed by atoms with E-state index in [9.17, 15) is 9.59 Å². The predicted molar refractivity (Wildman–Crippen MR) is 116 cm³/mol. The van der Waals surface area contributed by atoms with Crippen molar-refractivity contribution < 1.29 is 14.3 Å². The van der Waals surface area contributed by atoms with E-state index in [0.717, 1.165) is 61.9 Å². The van der Waals surface area contributed by atoms with Crippen molar-refractivity contribution in [3.63, 3.8) is 0 Å². The van der Waals surface area contributed by atoms with Gasteiger partial charge < -0.3 is 19.9 Å². The first-order valence-corrected chi connectivity index (χ1v) is 10.3. The summed E-state index contributed by atoms with van der Waals surface area (Å²) in [5.74, 6) is 0.948. The molecule has 7 nitrogen and oxygen atoms in total. The van der Waals surface area contributed by atoms with Crippen LogP contribution in [0.4, 0.5) is 11.5 Å². The molecule has 0 aliphatic carbocycles. The Hall–Kier alpha value is -3.19. The summed E-state index contributed by atoms with van der Waals surface area (Å²) < 4.78 is 5.36. The standard InChI is InChI=1S/C23H26N4O3/c28-22(10-6-18-3-7-20(8-4-18)27-11-1-2-23(27)29)25-17-19-5-9-21(24-16-19)26-12-14-30-15-13-26/h3-10,16H,1-2,11-15,17H2,(H,25,28)/b10-6+. The Morgan fingerprint density at radius 1 is 1.10 bits per heavy atom. The third kappa shape index (κ3) is 5.04. The van der Waals surface area contributed by atoms with E-state index >= 15 is 0 Å². The lowest BCUT2D eigenvalue weighted by atomic mass is 10.2. The zero-order valence-corrected chi connectivity index (χ0v) is 16.9. The van der Waals surface area contributed by atoms with E-state index in [4.69, 9.17) is 4.74 Å². The lowest BCUT2D eigenvalue weighted by Crippen LogP contribution is -2.36. The number of hydrogen-bond donors (Lipinski definition) is 1. The number of benzene rings is 1. The minimum atomic E-state index is -0.161. The predicted octanol–water partition coefficient (Wildman–Crippen LogP) is 2.37. The first-order chi connectivity index (χ1) is 14.7. The summed E-state index contributed by atoms with van der Waals surface area (Å²) >= 11 is 0. The summed E-state index contributed by atoms with van der Waals surface area (Å²) in [7, 11) is 0. The molecule has 0 radical (unpaired) electrons. The summed E-state index contributed by atoms with van der Waals surface area (Å²) in [6.07, 6.45) is 6.61. The monoisotopic (exact) mass is 406 g/mol. The number of carbonyl (C=O) groups excluding carboxylic acids is 2. The number of anilines is 2. The quantitative estimate of drug-likeness (QED) is 0.746. The average Bonchev–Trinajstić information content (AvgIpc) is 3.23. The second-order valence-corrected chi connectivity index (χ2v) is 7.42. The van der Waals surface area contributed by atoms with Gasteiger partial charge in [0.05, 0.1) is 13.2 Å². The first kappa shape index (κ1) is 20.1. The zero-order chi connectivity index (χ0) is 20.8. The summed E-state index contributed by atoms with van der Waals surface area (Å²) in [6, 6.07) is 11.6. The van der Waals surface area contributed by atoms with E-state index in [1.807, 2.05) is 36.4 Å². The van der Waals surface area contributed by atoms with Crippen LogP contribution in [0, 0.1) is 0 Å². The molecular formula is C23H26N4O3. The molecule has 1 aromatic carbocycles. The van der Waals surface area contributed by atoms with Crippen LogP contribution in [0.2, 0.25) is 0 Å². The second-order valence-electron chi connectivity index (χ2n) is 7.42. The molecule has 2 aliphatic heterocycles. The van der Waals surface area contributed by atoms with Crippen molar-refractivity contribution in [1.82, 2.24) is 10.3 Å². The highest BCUT2D eigenvalue weighted by Crippen LogP contribution is 2.22. The molecule has 2 aromatic rings. The van der Waals surface area contributed by atoms with Crippen molar-refractivity contribution in [2.75, 3.05) is 42.6 Å². The van der Waals surface area contributed by atoms with E-state index in [0.29, 0.717) is 13.0 Å². The molecule has 30 heavy (non-hydrogen) atoms. The molecule has 0 bridgehead atoms. The lowest BCUT2D eigenvalue weighted by molar-refractivity contribution is -0.117. The van der Waals surface area contributed by atoms with E-state index in [1.165, 1.54) is 6.08 Å². The molecule has 7 heteroatoms. The van der Waals surface area contributed by atoms with Gasteiger partial charge in [-0.15, -0.1) is 0 Å². The van der Waals surface area contributed by atoms with Crippen LogP contribution < -0.4 is 15.1 Å². The van der Waals surface area contributed by atoms with Crippen molar-refractivity contribution in [3.05, 3.63) is 59.8 Å². The number of pyridine rings is 1. The fraction of sp³-hybridized carbons (Fsp3) is 0.348. The Bertz CT molecular complexity index is 903. The molecule has 2 amide bonds. The molecule has 156 valence electrons. The van der Waals surface area contributed by atoms with Gasteiger partial charge in [-0.1, -0.05) is 18.2 Å². The summed E-state index contributed by atoms with van der Waals surface area (Å²) in [4.78, 5) is 32.4. The molecule has 1 N–H and O–H groups in total. The van der Waals surface area contributed by atoms with E-state index < -0.39 is 0 Å². The van der Waals surface area contributed by atoms with Crippen LogP contribution in [0.1, 0.15) is 24.0 Å². The number of amides is 2. The smallest absolute Gasteiger partial charge is 0.244 e. The molecule has 1 aromatic heterocycles. The Balaban J connectivity index is 1.26. The topological polar surface area (TPSA) is 74.8 Å². The van der Waals surface area contributed by atoms with Gasteiger partial charge in [-0.2, -0.15) is 0 Å². The Labute approximate surface area is 176 Å². The van der Waals surface area contributed by atoms with Crippen molar-refractivity contribution in [2.24, 2.45) is 0 Å². The lowest BCUT2D eigenvalue weighted by Gasteiger charge is -2.27. The highest BCUT2D eigenvalue weighted by molar-refractivity contribution is 5.95.